The molecule has 10 heteroatoms. The molecule has 0 bridgehead atoms. The number of aromatic nitrogens is 5. The summed E-state index contributed by atoms with van der Waals surface area (Å²) in [7, 11) is 4.80. The van der Waals surface area contributed by atoms with E-state index in [-0.39, 0.29) is 0 Å². The van der Waals surface area contributed by atoms with Crippen LogP contribution >= 0.6 is 11.8 Å². The maximum atomic E-state index is 5.43. The smallest absolute Gasteiger partial charge is 0.237 e. The first-order chi connectivity index (χ1) is 14.7. The number of thioether (sulfide) groups is 1. The van der Waals surface area contributed by atoms with Crippen molar-refractivity contribution in [2.45, 2.75) is 10.9 Å². The zero-order valence-corrected chi connectivity index (χ0v) is 17.4. The largest absolute Gasteiger partial charge is 0.495 e. The third kappa shape index (κ3) is 3.94. The number of rotatable bonds is 8. The summed E-state index contributed by atoms with van der Waals surface area (Å²) in [6, 6.07) is 13.1. The lowest BCUT2D eigenvalue weighted by Gasteiger charge is -2.10. The molecule has 4 rings (SSSR count). The normalized spacial score (nSPS) is 10.8. The molecule has 0 fully saturated rings. The average Bonchev–Trinajstić information content (AvgIpc) is 3.46. The molecule has 9 nitrogen and oxygen atoms in total. The number of hydrogen-bond acceptors (Lipinski definition) is 9. The van der Waals surface area contributed by atoms with Gasteiger partial charge in [-0.05, 0) is 30.3 Å². The van der Waals surface area contributed by atoms with Gasteiger partial charge in [-0.1, -0.05) is 29.1 Å². The van der Waals surface area contributed by atoms with Crippen molar-refractivity contribution in [3.63, 3.8) is 0 Å². The fourth-order valence-corrected chi connectivity index (χ4v) is 3.61. The molecule has 0 unspecified atom stereocenters. The van der Waals surface area contributed by atoms with E-state index < -0.39 is 0 Å². The van der Waals surface area contributed by atoms with Crippen molar-refractivity contribution in [1.29, 1.82) is 0 Å². The zero-order chi connectivity index (χ0) is 20.9. The van der Waals surface area contributed by atoms with Gasteiger partial charge in [0.1, 0.15) is 12.1 Å². The van der Waals surface area contributed by atoms with Gasteiger partial charge in [0, 0.05) is 5.56 Å². The Hall–Kier alpha value is -3.53. The molecule has 0 saturated heterocycles. The van der Waals surface area contributed by atoms with E-state index in [0.717, 1.165) is 17.0 Å². The quantitative estimate of drug-likeness (QED) is 0.392. The van der Waals surface area contributed by atoms with Crippen LogP contribution in [0, 0.1) is 0 Å². The van der Waals surface area contributed by atoms with Crippen LogP contribution in [0.2, 0.25) is 0 Å². The van der Waals surface area contributed by atoms with E-state index in [0.29, 0.717) is 34.1 Å². The lowest BCUT2D eigenvalue weighted by atomic mass is 10.2. The fourth-order valence-electron chi connectivity index (χ4n) is 2.85. The standard InChI is InChI=1S/C20H19N5O4S/c1-26-15-7-5-4-6-14(15)25-12-21-23-20(25)30-11-18-22-19(24-29-18)13-8-9-16(27-2)17(10-13)28-3/h4-10,12H,11H2,1-3H3. The average molecular weight is 425 g/mol. The summed E-state index contributed by atoms with van der Waals surface area (Å²) < 4.78 is 23.3. The number of nitrogens with zero attached hydrogens (tertiary/aromatic N) is 5. The van der Waals surface area contributed by atoms with Crippen molar-refractivity contribution in [2.75, 3.05) is 21.3 Å². The van der Waals surface area contributed by atoms with Crippen molar-refractivity contribution in [3.05, 3.63) is 54.7 Å². The van der Waals surface area contributed by atoms with Crippen molar-refractivity contribution in [1.82, 2.24) is 24.9 Å². The zero-order valence-electron chi connectivity index (χ0n) is 16.6. The van der Waals surface area contributed by atoms with Gasteiger partial charge in [-0.3, -0.25) is 4.57 Å². The highest BCUT2D eigenvalue weighted by Gasteiger charge is 2.15. The first kappa shape index (κ1) is 19.8. The van der Waals surface area contributed by atoms with Crippen LogP contribution in [0.25, 0.3) is 17.1 Å². The SMILES string of the molecule is COc1ccc(-c2noc(CSc3nncn3-c3ccccc3OC)n2)cc1OC. The molecule has 2 heterocycles. The Bertz CT molecular complexity index is 1140. The number of hydrogen-bond donors (Lipinski definition) is 0. The van der Waals surface area contributed by atoms with Crippen LogP contribution in [0.5, 0.6) is 17.2 Å². The Kier molecular flexibility index (Phi) is 5.84. The minimum Gasteiger partial charge on any atom is -0.495 e. The molecule has 0 radical (unpaired) electrons. The molecular weight excluding hydrogens is 406 g/mol. The molecular formula is C20H19N5O4S. The second kappa shape index (κ2) is 8.87. The topological polar surface area (TPSA) is 97.3 Å². The van der Waals surface area contributed by atoms with Crippen molar-refractivity contribution < 1.29 is 18.7 Å². The van der Waals surface area contributed by atoms with E-state index in [1.807, 2.05) is 34.9 Å². The van der Waals surface area contributed by atoms with E-state index >= 15 is 0 Å². The molecule has 0 spiro atoms. The third-order valence-electron chi connectivity index (χ3n) is 4.30. The Morgan fingerprint density at radius 2 is 1.77 bits per heavy atom. The molecule has 4 aromatic rings. The Morgan fingerprint density at radius 1 is 0.967 bits per heavy atom. The second-order valence-corrected chi connectivity index (χ2v) is 6.97. The molecule has 0 aliphatic heterocycles. The van der Waals surface area contributed by atoms with Crippen molar-refractivity contribution >= 4 is 11.8 Å². The van der Waals surface area contributed by atoms with Crippen molar-refractivity contribution in [2.24, 2.45) is 0 Å². The maximum Gasteiger partial charge on any atom is 0.237 e. The van der Waals surface area contributed by atoms with Gasteiger partial charge in [0.05, 0.1) is 32.8 Å². The maximum absolute atomic E-state index is 5.43. The van der Waals surface area contributed by atoms with Crippen LogP contribution in [0.1, 0.15) is 5.89 Å². The molecule has 0 atom stereocenters. The summed E-state index contributed by atoms with van der Waals surface area (Å²) in [6.45, 7) is 0. The molecule has 2 aromatic carbocycles. The van der Waals surface area contributed by atoms with Crippen LogP contribution < -0.4 is 14.2 Å². The van der Waals surface area contributed by atoms with Gasteiger partial charge < -0.3 is 18.7 Å². The molecule has 0 aliphatic carbocycles. The Labute approximate surface area is 177 Å². The van der Waals surface area contributed by atoms with Crippen molar-refractivity contribution in [3.8, 4) is 34.3 Å². The Morgan fingerprint density at radius 3 is 2.57 bits per heavy atom. The minimum atomic E-state index is 0.439. The van der Waals surface area contributed by atoms with Gasteiger partial charge in [0.25, 0.3) is 0 Å². The monoisotopic (exact) mass is 425 g/mol. The molecule has 30 heavy (non-hydrogen) atoms. The van der Waals surface area contributed by atoms with E-state index in [9.17, 15) is 0 Å². The van der Waals surface area contributed by atoms with Gasteiger partial charge in [-0.25, -0.2) is 0 Å². The Balaban J connectivity index is 1.51. The van der Waals surface area contributed by atoms with E-state index in [2.05, 4.69) is 20.3 Å². The molecule has 0 N–H and O–H groups in total. The second-order valence-electron chi connectivity index (χ2n) is 6.03. The molecule has 154 valence electrons. The van der Waals surface area contributed by atoms with Gasteiger partial charge in [-0.15, -0.1) is 10.2 Å². The molecule has 0 amide bonds. The predicted molar refractivity (Wildman–Crippen MR) is 110 cm³/mol. The van der Waals surface area contributed by atoms with Gasteiger partial charge in [0.15, 0.2) is 16.7 Å². The lowest BCUT2D eigenvalue weighted by Crippen LogP contribution is -1.98. The van der Waals surface area contributed by atoms with E-state index in [1.54, 1.807) is 39.8 Å². The number of para-hydroxylation sites is 2. The van der Waals surface area contributed by atoms with Crippen LogP contribution in [0.4, 0.5) is 0 Å². The summed E-state index contributed by atoms with van der Waals surface area (Å²) in [5.74, 6) is 3.34. The van der Waals surface area contributed by atoms with E-state index in [4.69, 9.17) is 18.7 Å². The minimum absolute atomic E-state index is 0.439. The van der Waals surface area contributed by atoms with Gasteiger partial charge >= 0.3 is 0 Å². The van der Waals surface area contributed by atoms with Crippen LogP contribution in [-0.2, 0) is 5.75 Å². The summed E-state index contributed by atoms with van der Waals surface area (Å²) in [5.41, 5.74) is 1.62. The number of ether oxygens (including phenoxy) is 3. The summed E-state index contributed by atoms with van der Waals surface area (Å²) in [6.07, 6.45) is 1.64. The molecule has 2 aromatic heterocycles. The van der Waals surface area contributed by atoms with Gasteiger partial charge in [0.2, 0.25) is 11.7 Å². The molecule has 0 saturated carbocycles. The predicted octanol–water partition coefficient (Wildman–Crippen LogP) is 3.64. The summed E-state index contributed by atoms with van der Waals surface area (Å²) in [4.78, 5) is 4.47. The van der Waals surface area contributed by atoms with Crippen LogP contribution in [0.15, 0.2) is 58.5 Å². The first-order valence-corrected chi connectivity index (χ1v) is 9.93. The summed E-state index contributed by atoms with van der Waals surface area (Å²) in [5, 5.41) is 13.0. The number of methoxy groups -OCH3 is 3. The lowest BCUT2D eigenvalue weighted by molar-refractivity contribution is 0.355. The highest BCUT2D eigenvalue weighted by molar-refractivity contribution is 7.98. The summed E-state index contributed by atoms with van der Waals surface area (Å²) >= 11 is 1.44. The fraction of sp³-hybridized carbons (Fsp3) is 0.200. The third-order valence-corrected chi connectivity index (χ3v) is 5.22. The van der Waals surface area contributed by atoms with Gasteiger partial charge in [-0.2, -0.15) is 4.98 Å². The highest BCUT2D eigenvalue weighted by atomic mass is 32.2. The number of benzene rings is 2. The van der Waals surface area contributed by atoms with E-state index in [1.165, 1.54) is 11.8 Å². The molecule has 0 aliphatic rings. The van der Waals surface area contributed by atoms with Crippen LogP contribution in [-0.4, -0.2) is 46.2 Å². The highest BCUT2D eigenvalue weighted by Crippen LogP contribution is 2.32. The first-order valence-electron chi connectivity index (χ1n) is 8.94. The van der Waals surface area contributed by atoms with Crippen LogP contribution in [0.3, 0.4) is 0 Å².